The van der Waals surface area contributed by atoms with Crippen LogP contribution in [0, 0.1) is 5.92 Å². The van der Waals surface area contributed by atoms with E-state index < -0.39 is 0 Å². The first-order chi connectivity index (χ1) is 14.2. The van der Waals surface area contributed by atoms with Crippen LogP contribution in [-0.2, 0) is 6.42 Å². The van der Waals surface area contributed by atoms with E-state index in [-0.39, 0.29) is 0 Å². The van der Waals surface area contributed by atoms with Gasteiger partial charge < -0.3 is 9.80 Å². The number of rotatable bonds is 3. The van der Waals surface area contributed by atoms with Crippen molar-refractivity contribution in [1.29, 1.82) is 0 Å². The Kier molecular flexibility index (Phi) is 11.1. The van der Waals surface area contributed by atoms with E-state index in [9.17, 15) is 0 Å². The topological polar surface area (TPSA) is 6.48 Å². The molecule has 4 rings (SSSR count). The monoisotopic (exact) mass is 394 g/mol. The van der Waals surface area contributed by atoms with Gasteiger partial charge in [0.1, 0.15) is 0 Å². The highest BCUT2D eigenvalue weighted by atomic mass is 15.1. The van der Waals surface area contributed by atoms with Crippen LogP contribution in [0.3, 0.4) is 0 Å². The molecule has 2 heterocycles. The summed E-state index contributed by atoms with van der Waals surface area (Å²) in [7, 11) is 4.43. The predicted molar refractivity (Wildman–Crippen MR) is 128 cm³/mol. The lowest BCUT2D eigenvalue weighted by molar-refractivity contribution is 0.219. The van der Waals surface area contributed by atoms with Gasteiger partial charge in [0, 0.05) is 0 Å². The van der Waals surface area contributed by atoms with Crippen molar-refractivity contribution in [3.05, 3.63) is 71.8 Å². The zero-order chi connectivity index (χ0) is 20.9. The highest BCUT2D eigenvalue weighted by molar-refractivity contribution is 5.20. The van der Waals surface area contributed by atoms with Gasteiger partial charge >= 0.3 is 0 Å². The fourth-order valence-corrected chi connectivity index (χ4v) is 4.28. The van der Waals surface area contributed by atoms with Crippen molar-refractivity contribution in [2.75, 3.05) is 40.3 Å². The lowest BCUT2D eigenvalue weighted by Gasteiger charge is -2.29. The zero-order valence-electron chi connectivity index (χ0n) is 19.2. The minimum absolute atomic E-state index is 0.803. The Morgan fingerprint density at radius 3 is 1.62 bits per heavy atom. The highest BCUT2D eigenvalue weighted by Gasteiger charge is 2.17. The van der Waals surface area contributed by atoms with Crippen LogP contribution in [0.1, 0.15) is 56.6 Å². The summed E-state index contributed by atoms with van der Waals surface area (Å²) in [5, 5.41) is 0. The van der Waals surface area contributed by atoms with Gasteiger partial charge in [-0.3, -0.25) is 0 Å². The normalized spacial score (nSPS) is 18.9. The van der Waals surface area contributed by atoms with Crippen LogP contribution in [0.25, 0.3) is 0 Å². The summed E-state index contributed by atoms with van der Waals surface area (Å²) in [6.45, 7) is 9.05. The molecule has 29 heavy (non-hydrogen) atoms. The van der Waals surface area contributed by atoms with Crippen LogP contribution in [-0.4, -0.2) is 50.1 Å². The molecule has 0 amide bonds. The molecular formula is C27H42N2. The first-order valence-electron chi connectivity index (χ1n) is 11.7. The predicted octanol–water partition coefficient (Wildman–Crippen LogP) is 6.09. The van der Waals surface area contributed by atoms with E-state index in [2.05, 4.69) is 84.6 Å². The zero-order valence-corrected chi connectivity index (χ0v) is 19.2. The van der Waals surface area contributed by atoms with Gasteiger partial charge in [-0.2, -0.15) is 0 Å². The lowest BCUT2D eigenvalue weighted by Crippen LogP contribution is -2.30. The molecular weight excluding hydrogens is 352 g/mol. The Hall–Kier alpha value is -1.64. The number of nitrogens with zero attached hydrogens (tertiary/aromatic N) is 2. The Morgan fingerprint density at radius 1 is 0.655 bits per heavy atom. The van der Waals surface area contributed by atoms with E-state index >= 15 is 0 Å². The molecule has 160 valence electrons. The van der Waals surface area contributed by atoms with E-state index in [1.807, 2.05) is 13.8 Å². The smallest absolute Gasteiger partial charge is 0.00159 e. The Balaban J connectivity index is 0.000000191. The molecule has 0 radical (unpaired) electrons. The quantitative estimate of drug-likeness (QED) is 0.621. The van der Waals surface area contributed by atoms with Crippen molar-refractivity contribution in [3.63, 3.8) is 0 Å². The maximum atomic E-state index is 2.43. The van der Waals surface area contributed by atoms with Crippen molar-refractivity contribution in [2.45, 2.75) is 51.9 Å². The second kappa shape index (κ2) is 13.6. The Bertz CT molecular complexity index is 624. The molecule has 0 aromatic heterocycles. The third-order valence-electron chi connectivity index (χ3n) is 6.19. The van der Waals surface area contributed by atoms with E-state index in [4.69, 9.17) is 0 Å². The molecule has 2 aliphatic heterocycles. The summed E-state index contributed by atoms with van der Waals surface area (Å²) >= 11 is 0. The van der Waals surface area contributed by atoms with Crippen molar-refractivity contribution in [3.8, 4) is 0 Å². The van der Waals surface area contributed by atoms with Gasteiger partial charge in [-0.25, -0.2) is 0 Å². The third-order valence-corrected chi connectivity index (χ3v) is 6.19. The van der Waals surface area contributed by atoms with Gasteiger partial charge in [0.25, 0.3) is 0 Å². The summed E-state index contributed by atoms with van der Waals surface area (Å²) in [4.78, 5) is 4.85. The highest BCUT2D eigenvalue weighted by Crippen LogP contribution is 2.26. The SMILES string of the molecule is CC.CN1CCC(Cc2ccccc2)CC1.CN1CCC(c2ccccc2)CC1. The Labute approximate surface area is 179 Å². The maximum Gasteiger partial charge on any atom is -0.00159 e. The van der Waals surface area contributed by atoms with E-state index in [0.29, 0.717) is 0 Å². The average Bonchev–Trinajstić information content (AvgIpc) is 2.79. The van der Waals surface area contributed by atoms with E-state index in [1.165, 1.54) is 69.4 Å². The Morgan fingerprint density at radius 2 is 1.10 bits per heavy atom. The van der Waals surface area contributed by atoms with Gasteiger partial charge in [-0.15, -0.1) is 0 Å². The third kappa shape index (κ3) is 8.72. The lowest BCUT2D eigenvalue weighted by atomic mass is 9.90. The molecule has 2 nitrogen and oxygen atoms in total. The van der Waals surface area contributed by atoms with Gasteiger partial charge in [0.05, 0.1) is 0 Å². The summed E-state index contributed by atoms with van der Waals surface area (Å²) in [6.07, 6.45) is 6.65. The second-order valence-electron chi connectivity index (χ2n) is 8.42. The standard InChI is InChI=1S/C13H19N.C12H17N.C2H6/c1-14-9-7-13(8-10-14)11-12-5-3-2-4-6-12;1-13-9-7-12(8-10-13)11-5-3-2-4-6-11;1-2/h2-6,13H,7-11H2,1H3;2-6,12H,7-10H2,1H3;1-2H3. The van der Waals surface area contributed by atoms with Crippen molar-refractivity contribution in [1.82, 2.24) is 9.80 Å². The van der Waals surface area contributed by atoms with Gasteiger partial charge in [0.15, 0.2) is 0 Å². The number of hydrogen-bond acceptors (Lipinski definition) is 2. The van der Waals surface area contributed by atoms with E-state index in [1.54, 1.807) is 0 Å². The van der Waals surface area contributed by atoms with Crippen molar-refractivity contribution >= 4 is 0 Å². The second-order valence-corrected chi connectivity index (χ2v) is 8.42. The minimum Gasteiger partial charge on any atom is -0.306 e. The molecule has 2 heteroatoms. The first kappa shape index (κ1) is 23.6. The summed E-state index contributed by atoms with van der Waals surface area (Å²) in [6, 6.07) is 21.8. The molecule has 0 saturated carbocycles. The van der Waals surface area contributed by atoms with Crippen LogP contribution in [0.5, 0.6) is 0 Å². The molecule has 0 unspecified atom stereocenters. The van der Waals surface area contributed by atoms with Crippen molar-refractivity contribution < 1.29 is 0 Å². The van der Waals surface area contributed by atoms with Gasteiger partial charge in [-0.05, 0) is 95.3 Å². The number of benzene rings is 2. The van der Waals surface area contributed by atoms with Crippen molar-refractivity contribution in [2.24, 2.45) is 5.92 Å². The fourth-order valence-electron chi connectivity index (χ4n) is 4.28. The average molecular weight is 395 g/mol. The first-order valence-corrected chi connectivity index (χ1v) is 11.7. The van der Waals surface area contributed by atoms with Crippen LogP contribution in [0.15, 0.2) is 60.7 Å². The number of piperidine rings is 2. The molecule has 2 fully saturated rings. The number of hydrogen-bond donors (Lipinski definition) is 0. The molecule has 2 aromatic carbocycles. The van der Waals surface area contributed by atoms with Crippen LogP contribution >= 0.6 is 0 Å². The molecule has 0 aliphatic carbocycles. The largest absolute Gasteiger partial charge is 0.306 e. The van der Waals surface area contributed by atoms with Gasteiger partial charge in [0.2, 0.25) is 0 Å². The van der Waals surface area contributed by atoms with Crippen LogP contribution in [0.4, 0.5) is 0 Å². The summed E-state index contributed by atoms with van der Waals surface area (Å²) < 4.78 is 0. The molecule has 0 spiro atoms. The molecule has 0 N–H and O–H groups in total. The molecule has 0 atom stereocenters. The van der Waals surface area contributed by atoms with E-state index in [0.717, 1.165) is 11.8 Å². The van der Waals surface area contributed by atoms with Crippen LogP contribution in [0.2, 0.25) is 0 Å². The molecule has 2 aromatic rings. The summed E-state index contributed by atoms with van der Waals surface area (Å²) in [5.74, 6) is 1.71. The summed E-state index contributed by atoms with van der Waals surface area (Å²) in [5.41, 5.74) is 3.03. The minimum atomic E-state index is 0.803. The maximum absolute atomic E-state index is 2.43. The molecule has 2 saturated heterocycles. The number of likely N-dealkylation sites (tertiary alicyclic amines) is 2. The molecule has 2 aliphatic rings. The fraction of sp³-hybridized carbons (Fsp3) is 0.556. The molecule has 0 bridgehead atoms. The van der Waals surface area contributed by atoms with Crippen LogP contribution < -0.4 is 0 Å². The van der Waals surface area contributed by atoms with Gasteiger partial charge in [-0.1, -0.05) is 74.5 Å².